The van der Waals surface area contributed by atoms with Crippen molar-refractivity contribution in [1.29, 1.82) is 0 Å². The molecule has 2 fully saturated rings. The van der Waals surface area contributed by atoms with E-state index in [9.17, 15) is 9.59 Å². The fraction of sp³-hybridized carbons (Fsp3) is 0.692. The number of hydrogen-bond acceptors (Lipinski definition) is 2. The Morgan fingerprint density at radius 1 is 1.22 bits per heavy atom. The third-order valence-corrected chi connectivity index (χ3v) is 3.78. The molecule has 1 aliphatic heterocycles. The molecule has 0 bridgehead atoms. The molecule has 0 aromatic rings. The van der Waals surface area contributed by atoms with Gasteiger partial charge in [0.05, 0.1) is 5.92 Å². The van der Waals surface area contributed by atoms with Gasteiger partial charge in [-0.15, -0.1) is 0 Å². The molecule has 5 nitrogen and oxygen atoms in total. The molecule has 0 aromatic carbocycles. The number of rotatable bonds is 2. The van der Waals surface area contributed by atoms with Gasteiger partial charge in [-0.05, 0) is 38.5 Å². The summed E-state index contributed by atoms with van der Waals surface area (Å²) in [5.74, 6) is -1.04. The number of urea groups is 1. The molecule has 2 rings (SSSR count). The van der Waals surface area contributed by atoms with E-state index >= 15 is 0 Å². The highest BCUT2D eigenvalue weighted by Gasteiger charge is 2.26. The fourth-order valence-corrected chi connectivity index (χ4v) is 2.56. The third kappa shape index (κ3) is 3.24. The highest BCUT2D eigenvalue weighted by atomic mass is 16.4. The van der Waals surface area contributed by atoms with Crippen LogP contribution in [0.5, 0.6) is 0 Å². The maximum absolute atomic E-state index is 11.9. The molecule has 100 valence electrons. The Balaban J connectivity index is 1.77. The highest BCUT2D eigenvalue weighted by molar-refractivity contribution is 5.76. The number of aliphatic carboxylic acids is 1. The number of carboxylic acids is 1. The standard InChI is InChI=1S/C13H20N2O3/c16-12(17)11-5-7-15(8-6-11)13(18)14-9-10-3-1-2-4-10/h9,11H,1-8H2,(H,14,18)(H,16,17). The molecule has 18 heavy (non-hydrogen) atoms. The van der Waals surface area contributed by atoms with Gasteiger partial charge in [0, 0.05) is 19.3 Å². The van der Waals surface area contributed by atoms with Crippen LogP contribution in [0.1, 0.15) is 38.5 Å². The first-order chi connectivity index (χ1) is 8.66. The largest absolute Gasteiger partial charge is 0.481 e. The SMILES string of the molecule is O=C(O)C1CCN(C(=O)NC=C2CCCC2)CC1. The van der Waals surface area contributed by atoms with Gasteiger partial charge in [0.1, 0.15) is 0 Å². The van der Waals surface area contributed by atoms with E-state index in [1.807, 2.05) is 6.20 Å². The van der Waals surface area contributed by atoms with Crippen LogP contribution in [0.25, 0.3) is 0 Å². The lowest BCUT2D eigenvalue weighted by Gasteiger charge is -2.29. The van der Waals surface area contributed by atoms with Crippen molar-refractivity contribution in [2.75, 3.05) is 13.1 Å². The quantitative estimate of drug-likeness (QED) is 0.789. The van der Waals surface area contributed by atoms with Gasteiger partial charge in [-0.2, -0.15) is 0 Å². The number of piperidine rings is 1. The topological polar surface area (TPSA) is 69.6 Å². The smallest absolute Gasteiger partial charge is 0.321 e. The Morgan fingerprint density at radius 2 is 1.83 bits per heavy atom. The molecule has 0 aromatic heterocycles. The van der Waals surface area contributed by atoms with E-state index in [4.69, 9.17) is 5.11 Å². The van der Waals surface area contributed by atoms with Crippen LogP contribution in [0, 0.1) is 5.92 Å². The average molecular weight is 252 g/mol. The number of likely N-dealkylation sites (tertiary alicyclic amines) is 1. The zero-order valence-corrected chi connectivity index (χ0v) is 10.5. The van der Waals surface area contributed by atoms with Crippen LogP contribution in [-0.4, -0.2) is 35.1 Å². The summed E-state index contributed by atoms with van der Waals surface area (Å²) in [4.78, 5) is 24.4. The van der Waals surface area contributed by atoms with E-state index in [0.717, 1.165) is 12.8 Å². The summed E-state index contributed by atoms with van der Waals surface area (Å²) in [6, 6.07) is -0.0989. The van der Waals surface area contributed by atoms with E-state index in [0.29, 0.717) is 25.9 Å². The number of nitrogens with zero attached hydrogens (tertiary/aromatic N) is 1. The molecule has 5 heteroatoms. The normalized spacial score (nSPS) is 20.9. The van der Waals surface area contributed by atoms with Gasteiger partial charge in [-0.3, -0.25) is 4.79 Å². The molecule has 0 radical (unpaired) electrons. The molecule has 1 heterocycles. The second-order valence-corrected chi connectivity index (χ2v) is 5.06. The molecule has 0 atom stereocenters. The summed E-state index contributed by atoms with van der Waals surface area (Å²) < 4.78 is 0. The van der Waals surface area contributed by atoms with Crippen molar-refractivity contribution in [3.63, 3.8) is 0 Å². The van der Waals surface area contributed by atoms with E-state index < -0.39 is 5.97 Å². The molecule has 2 N–H and O–H groups in total. The van der Waals surface area contributed by atoms with Crippen LogP contribution < -0.4 is 5.32 Å². The number of carbonyl (C=O) groups excluding carboxylic acids is 1. The molecule has 1 saturated heterocycles. The summed E-state index contributed by atoms with van der Waals surface area (Å²) >= 11 is 0. The number of amides is 2. The minimum absolute atomic E-state index is 0.0989. The van der Waals surface area contributed by atoms with E-state index in [-0.39, 0.29) is 11.9 Å². The van der Waals surface area contributed by atoms with Gasteiger partial charge in [0.15, 0.2) is 0 Å². The summed E-state index contributed by atoms with van der Waals surface area (Å²) in [6.07, 6.45) is 7.54. The van der Waals surface area contributed by atoms with Gasteiger partial charge in [-0.25, -0.2) is 4.79 Å². The van der Waals surface area contributed by atoms with Crippen LogP contribution >= 0.6 is 0 Å². The summed E-state index contributed by atoms with van der Waals surface area (Å²) in [5, 5.41) is 11.7. The lowest BCUT2D eigenvalue weighted by molar-refractivity contribution is -0.143. The van der Waals surface area contributed by atoms with Crippen molar-refractivity contribution >= 4 is 12.0 Å². The first kappa shape index (κ1) is 12.9. The van der Waals surface area contributed by atoms with Crippen LogP contribution in [0.3, 0.4) is 0 Å². The molecular weight excluding hydrogens is 232 g/mol. The van der Waals surface area contributed by atoms with Gasteiger partial charge in [-0.1, -0.05) is 5.57 Å². The minimum atomic E-state index is -0.747. The van der Waals surface area contributed by atoms with E-state index in [1.54, 1.807) is 4.90 Å². The Morgan fingerprint density at radius 3 is 2.39 bits per heavy atom. The van der Waals surface area contributed by atoms with Crippen LogP contribution in [0.15, 0.2) is 11.8 Å². The van der Waals surface area contributed by atoms with Gasteiger partial charge in [0.2, 0.25) is 0 Å². The van der Waals surface area contributed by atoms with Crippen molar-refractivity contribution in [3.05, 3.63) is 11.8 Å². The molecule has 0 unspecified atom stereocenters. The fourth-order valence-electron chi connectivity index (χ4n) is 2.56. The summed E-state index contributed by atoms with van der Waals surface area (Å²) in [5.41, 5.74) is 1.31. The van der Waals surface area contributed by atoms with Crippen molar-refractivity contribution in [3.8, 4) is 0 Å². The minimum Gasteiger partial charge on any atom is -0.481 e. The highest BCUT2D eigenvalue weighted by Crippen LogP contribution is 2.23. The molecule has 1 saturated carbocycles. The average Bonchev–Trinajstić information content (AvgIpc) is 2.89. The number of nitrogens with one attached hydrogen (secondary N) is 1. The third-order valence-electron chi connectivity index (χ3n) is 3.78. The Bertz CT molecular complexity index is 349. The first-order valence-corrected chi connectivity index (χ1v) is 6.63. The van der Waals surface area contributed by atoms with Gasteiger partial charge in [0.25, 0.3) is 0 Å². The van der Waals surface area contributed by atoms with Crippen LogP contribution in [0.4, 0.5) is 4.79 Å². The van der Waals surface area contributed by atoms with Crippen molar-refractivity contribution in [1.82, 2.24) is 10.2 Å². The van der Waals surface area contributed by atoms with Crippen molar-refractivity contribution < 1.29 is 14.7 Å². The van der Waals surface area contributed by atoms with Gasteiger partial charge < -0.3 is 15.3 Å². The Labute approximate surface area is 107 Å². The maximum Gasteiger partial charge on any atom is 0.321 e. The predicted molar refractivity (Wildman–Crippen MR) is 67.0 cm³/mol. The maximum atomic E-state index is 11.9. The monoisotopic (exact) mass is 252 g/mol. The summed E-state index contributed by atoms with van der Waals surface area (Å²) in [7, 11) is 0. The predicted octanol–water partition coefficient (Wildman–Crippen LogP) is 1.95. The lowest BCUT2D eigenvalue weighted by Crippen LogP contribution is -2.44. The Hall–Kier alpha value is -1.52. The lowest BCUT2D eigenvalue weighted by atomic mass is 9.97. The van der Waals surface area contributed by atoms with Crippen LogP contribution in [-0.2, 0) is 4.79 Å². The summed E-state index contributed by atoms with van der Waals surface area (Å²) in [6.45, 7) is 1.07. The molecule has 2 aliphatic rings. The van der Waals surface area contributed by atoms with Crippen molar-refractivity contribution in [2.24, 2.45) is 5.92 Å². The van der Waals surface area contributed by atoms with E-state index in [2.05, 4.69) is 5.32 Å². The zero-order chi connectivity index (χ0) is 13.0. The van der Waals surface area contributed by atoms with E-state index in [1.165, 1.54) is 18.4 Å². The number of carboxylic acid groups (broad SMARTS) is 1. The van der Waals surface area contributed by atoms with Gasteiger partial charge >= 0.3 is 12.0 Å². The second-order valence-electron chi connectivity index (χ2n) is 5.06. The number of carbonyl (C=O) groups is 2. The molecule has 0 spiro atoms. The van der Waals surface area contributed by atoms with Crippen molar-refractivity contribution in [2.45, 2.75) is 38.5 Å². The second kappa shape index (κ2) is 5.89. The number of hydrogen-bond donors (Lipinski definition) is 2. The molecular formula is C13H20N2O3. The Kier molecular flexibility index (Phi) is 4.23. The first-order valence-electron chi connectivity index (χ1n) is 6.63. The zero-order valence-electron chi connectivity index (χ0n) is 10.5. The molecule has 1 aliphatic carbocycles. The van der Waals surface area contributed by atoms with Crippen LogP contribution in [0.2, 0.25) is 0 Å². The molecule has 2 amide bonds. The number of allylic oxidation sites excluding steroid dienone is 1.